The molecule has 0 aliphatic carbocycles. The van der Waals surface area contributed by atoms with Crippen LogP contribution in [0.3, 0.4) is 0 Å². The lowest BCUT2D eigenvalue weighted by Gasteiger charge is -2.16. The van der Waals surface area contributed by atoms with Crippen LogP contribution in [0.25, 0.3) is 6.08 Å². The van der Waals surface area contributed by atoms with E-state index >= 15 is 0 Å². The Balaban J connectivity index is 1.65. The van der Waals surface area contributed by atoms with E-state index in [1.807, 2.05) is 30.3 Å². The molecule has 7 nitrogen and oxygen atoms in total. The lowest BCUT2D eigenvalue weighted by atomic mass is 10.1. The smallest absolute Gasteiger partial charge is 0.244 e. The summed E-state index contributed by atoms with van der Waals surface area (Å²) >= 11 is 0. The lowest BCUT2D eigenvalue weighted by molar-refractivity contribution is -0.117. The summed E-state index contributed by atoms with van der Waals surface area (Å²) < 4.78 is 15.9. The molecular formula is C22H24N2O5. The molecule has 7 heteroatoms. The molecule has 152 valence electrons. The van der Waals surface area contributed by atoms with Crippen molar-refractivity contribution in [1.82, 2.24) is 5.32 Å². The summed E-state index contributed by atoms with van der Waals surface area (Å²) in [6.07, 6.45) is 3.36. The summed E-state index contributed by atoms with van der Waals surface area (Å²) in [7, 11) is 4.60. The molecule has 1 fully saturated rings. The molecule has 0 aromatic heterocycles. The fraction of sp³-hybridized carbons (Fsp3) is 0.273. The highest BCUT2D eigenvalue weighted by Crippen LogP contribution is 2.38. The van der Waals surface area contributed by atoms with Gasteiger partial charge in [0, 0.05) is 24.7 Å². The van der Waals surface area contributed by atoms with Crippen molar-refractivity contribution in [2.75, 3.05) is 32.8 Å². The van der Waals surface area contributed by atoms with Crippen LogP contribution in [0.4, 0.5) is 5.69 Å². The maximum absolute atomic E-state index is 12.3. The van der Waals surface area contributed by atoms with Gasteiger partial charge in [0.15, 0.2) is 11.5 Å². The van der Waals surface area contributed by atoms with Gasteiger partial charge >= 0.3 is 0 Å². The van der Waals surface area contributed by atoms with E-state index in [1.54, 1.807) is 23.1 Å². The first-order chi connectivity index (χ1) is 14.0. The number of nitrogens with zero attached hydrogens (tertiary/aromatic N) is 1. The second kappa shape index (κ2) is 9.14. The summed E-state index contributed by atoms with van der Waals surface area (Å²) in [6.45, 7) is 0.451. The van der Waals surface area contributed by atoms with Crippen LogP contribution >= 0.6 is 0 Å². The van der Waals surface area contributed by atoms with E-state index in [9.17, 15) is 9.59 Å². The zero-order chi connectivity index (χ0) is 20.8. The number of nitrogens with one attached hydrogen (secondary N) is 1. The molecule has 0 spiro atoms. The third kappa shape index (κ3) is 4.68. The maximum atomic E-state index is 12.3. The number of ether oxygens (including phenoxy) is 3. The Morgan fingerprint density at radius 3 is 2.31 bits per heavy atom. The highest BCUT2D eigenvalue weighted by atomic mass is 16.5. The number of amides is 2. The van der Waals surface area contributed by atoms with Crippen LogP contribution in [-0.2, 0) is 9.59 Å². The van der Waals surface area contributed by atoms with Gasteiger partial charge in [0.1, 0.15) is 0 Å². The predicted octanol–water partition coefficient (Wildman–Crippen LogP) is 2.65. The van der Waals surface area contributed by atoms with Crippen molar-refractivity contribution in [1.29, 1.82) is 0 Å². The Morgan fingerprint density at radius 1 is 1.07 bits per heavy atom. The van der Waals surface area contributed by atoms with Crippen molar-refractivity contribution < 1.29 is 23.8 Å². The standard InChI is InChI=1S/C22H24N2O5/c1-27-18-11-15(12-19(28-2)22(18)29-3)9-10-20(25)23-16-13-21(26)24(14-16)17-7-5-4-6-8-17/h4-12,16H,13-14H2,1-3H3,(H,23,25). The number of benzene rings is 2. The minimum atomic E-state index is -0.272. The number of anilines is 1. The fourth-order valence-electron chi connectivity index (χ4n) is 3.28. The van der Waals surface area contributed by atoms with Gasteiger partial charge in [-0.1, -0.05) is 18.2 Å². The van der Waals surface area contributed by atoms with Gasteiger partial charge in [0.05, 0.1) is 27.4 Å². The number of para-hydroxylation sites is 1. The SMILES string of the molecule is COc1cc(C=CC(=O)NC2CC(=O)N(c3ccccc3)C2)cc(OC)c1OC. The number of carbonyl (C=O) groups is 2. The maximum Gasteiger partial charge on any atom is 0.244 e. The highest BCUT2D eigenvalue weighted by Gasteiger charge is 2.31. The monoisotopic (exact) mass is 396 g/mol. The van der Waals surface area contributed by atoms with Crippen molar-refractivity contribution in [2.24, 2.45) is 0 Å². The van der Waals surface area contributed by atoms with Gasteiger partial charge in [-0.15, -0.1) is 0 Å². The Morgan fingerprint density at radius 2 is 1.72 bits per heavy atom. The van der Waals surface area contributed by atoms with Crippen molar-refractivity contribution >= 4 is 23.6 Å². The summed E-state index contributed by atoms with van der Waals surface area (Å²) in [5.74, 6) is 1.22. The molecule has 1 N–H and O–H groups in total. The average molecular weight is 396 g/mol. The first kappa shape index (κ1) is 20.3. The van der Waals surface area contributed by atoms with Gasteiger partial charge < -0.3 is 24.4 Å². The van der Waals surface area contributed by atoms with Crippen molar-refractivity contribution in [2.45, 2.75) is 12.5 Å². The first-order valence-corrected chi connectivity index (χ1v) is 9.19. The van der Waals surface area contributed by atoms with Crippen LogP contribution < -0.4 is 24.4 Å². The van der Waals surface area contributed by atoms with Gasteiger partial charge in [-0.3, -0.25) is 9.59 Å². The summed E-state index contributed by atoms with van der Waals surface area (Å²) in [6, 6.07) is 12.7. The Kier molecular flexibility index (Phi) is 6.39. The number of carbonyl (C=O) groups excluding carboxylic acids is 2. The summed E-state index contributed by atoms with van der Waals surface area (Å²) in [5, 5.41) is 2.88. The van der Waals surface area contributed by atoms with Crippen molar-refractivity contribution in [3.8, 4) is 17.2 Å². The topological polar surface area (TPSA) is 77.1 Å². The van der Waals surface area contributed by atoms with Crippen molar-refractivity contribution in [3.63, 3.8) is 0 Å². The predicted molar refractivity (Wildman–Crippen MR) is 110 cm³/mol. The van der Waals surface area contributed by atoms with Crippen LogP contribution in [0.1, 0.15) is 12.0 Å². The second-order valence-corrected chi connectivity index (χ2v) is 6.54. The molecule has 2 aromatic rings. The zero-order valence-corrected chi connectivity index (χ0v) is 16.7. The van der Waals surface area contributed by atoms with Gasteiger partial charge in [-0.2, -0.15) is 0 Å². The number of hydrogen-bond acceptors (Lipinski definition) is 5. The van der Waals surface area contributed by atoms with Crippen LogP contribution in [0.15, 0.2) is 48.5 Å². The normalized spacial score (nSPS) is 16.2. The molecule has 1 saturated heterocycles. The zero-order valence-electron chi connectivity index (χ0n) is 16.7. The Labute approximate surface area is 169 Å². The fourth-order valence-corrected chi connectivity index (χ4v) is 3.28. The lowest BCUT2D eigenvalue weighted by Crippen LogP contribution is -2.36. The minimum absolute atomic E-state index is 0.00453. The van der Waals surface area contributed by atoms with Crippen LogP contribution in [-0.4, -0.2) is 45.7 Å². The average Bonchev–Trinajstić information content (AvgIpc) is 3.11. The number of rotatable bonds is 7. The Bertz CT molecular complexity index is 886. The molecule has 1 aliphatic rings. The number of methoxy groups -OCH3 is 3. The molecule has 2 amide bonds. The first-order valence-electron chi connectivity index (χ1n) is 9.19. The molecule has 0 radical (unpaired) electrons. The molecule has 2 aromatic carbocycles. The van der Waals surface area contributed by atoms with E-state index in [2.05, 4.69) is 5.32 Å². The molecule has 1 aliphatic heterocycles. The molecule has 1 heterocycles. The van der Waals surface area contributed by atoms with E-state index in [0.717, 1.165) is 11.3 Å². The van der Waals surface area contributed by atoms with E-state index in [-0.39, 0.29) is 24.3 Å². The van der Waals surface area contributed by atoms with Crippen LogP contribution in [0.2, 0.25) is 0 Å². The largest absolute Gasteiger partial charge is 0.493 e. The second-order valence-electron chi connectivity index (χ2n) is 6.54. The Hall–Kier alpha value is -3.48. The molecule has 1 atom stereocenters. The molecule has 1 unspecified atom stereocenters. The third-order valence-electron chi connectivity index (χ3n) is 4.65. The van der Waals surface area contributed by atoms with Gasteiger partial charge in [-0.25, -0.2) is 0 Å². The van der Waals surface area contributed by atoms with Crippen molar-refractivity contribution in [3.05, 3.63) is 54.1 Å². The molecule has 0 bridgehead atoms. The minimum Gasteiger partial charge on any atom is -0.493 e. The molecular weight excluding hydrogens is 372 g/mol. The van der Waals surface area contributed by atoms with E-state index < -0.39 is 0 Å². The summed E-state index contributed by atoms with van der Waals surface area (Å²) in [4.78, 5) is 26.3. The number of hydrogen-bond donors (Lipinski definition) is 1. The molecule has 0 saturated carbocycles. The van der Waals surface area contributed by atoms with E-state index in [0.29, 0.717) is 23.8 Å². The van der Waals surface area contributed by atoms with Gasteiger partial charge in [-0.05, 0) is 35.9 Å². The van der Waals surface area contributed by atoms with Gasteiger partial charge in [0.2, 0.25) is 17.6 Å². The van der Waals surface area contributed by atoms with Gasteiger partial charge in [0.25, 0.3) is 0 Å². The highest BCUT2D eigenvalue weighted by molar-refractivity contribution is 5.98. The van der Waals surface area contributed by atoms with E-state index in [4.69, 9.17) is 14.2 Å². The quantitative estimate of drug-likeness (QED) is 0.728. The third-order valence-corrected chi connectivity index (χ3v) is 4.65. The van der Waals surface area contributed by atoms with E-state index in [1.165, 1.54) is 27.4 Å². The summed E-state index contributed by atoms with van der Waals surface area (Å²) in [5.41, 5.74) is 1.56. The molecule has 29 heavy (non-hydrogen) atoms. The van der Waals surface area contributed by atoms with Crippen LogP contribution in [0, 0.1) is 0 Å². The molecule has 3 rings (SSSR count). The van der Waals surface area contributed by atoms with Crippen LogP contribution in [0.5, 0.6) is 17.2 Å².